The Balaban J connectivity index is 5.25. The molecule has 5 atom stereocenters. The van der Waals surface area contributed by atoms with E-state index in [2.05, 4.69) is 55.4 Å². The molecule has 0 radical (unpaired) electrons. The summed E-state index contributed by atoms with van der Waals surface area (Å²) in [6, 6.07) is 0. The van der Waals surface area contributed by atoms with Crippen LogP contribution in [-0.4, -0.2) is 96.7 Å². The second-order valence-electron chi connectivity index (χ2n) is 25.4. The van der Waals surface area contributed by atoms with Crippen molar-refractivity contribution in [2.45, 2.75) is 331 Å². The van der Waals surface area contributed by atoms with Crippen LogP contribution in [0.1, 0.15) is 312 Å². The summed E-state index contributed by atoms with van der Waals surface area (Å²) < 4.78 is 68.0. The number of esters is 4. The molecule has 0 aliphatic carbocycles. The average Bonchev–Trinajstić information content (AvgIpc) is 3.49. The normalized spacial score (nSPS) is 14.4. The Hall–Kier alpha value is -1.94. The van der Waals surface area contributed by atoms with Gasteiger partial charge in [0.2, 0.25) is 0 Å². The SMILES string of the molecule is CC(C)CCCCCCCCCCCC(=O)OC[C@H](COP(=O)(O)OCC(O)COP(=O)(O)OC[C@@H](COC(=O)CCCCCCCCCC(C)C)OC(=O)CCCCCCCCCCCC(C)C)OC(=O)CCCCCCCCCC(C)C. The van der Waals surface area contributed by atoms with Crippen molar-refractivity contribution < 1.29 is 80.2 Å². The lowest BCUT2D eigenvalue weighted by atomic mass is 10.0. The maximum atomic E-state index is 13.0. The van der Waals surface area contributed by atoms with Crippen LogP contribution >= 0.6 is 15.6 Å². The Morgan fingerprint density at radius 2 is 0.500 bits per heavy atom. The van der Waals surface area contributed by atoms with Crippen molar-refractivity contribution >= 4 is 39.5 Å². The van der Waals surface area contributed by atoms with E-state index in [-0.39, 0.29) is 25.7 Å². The molecule has 0 aliphatic heterocycles. The quantitative estimate of drug-likeness (QED) is 0.0222. The van der Waals surface area contributed by atoms with Gasteiger partial charge in [0.25, 0.3) is 0 Å². The molecular weight excluding hydrogens is 1110 g/mol. The predicted octanol–water partition coefficient (Wildman–Crippen LogP) is 17.8. The van der Waals surface area contributed by atoms with Crippen molar-refractivity contribution in [3.63, 3.8) is 0 Å². The number of ether oxygens (including phenoxy) is 4. The first kappa shape index (κ1) is 82.1. The third-order valence-corrected chi connectivity index (χ3v) is 16.7. The summed E-state index contributed by atoms with van der Waals surface area (Å²) in [5.74, 6) is 0.741. The molecule has 0 aromatic rings. The van der Waals surface area contributed by atoms with Gasteiger partial charge in [0.05, 0.1) is 26.4 Å². The highest BCUT2D eigenvalue weighted by Crippen LogP contribution is 2.45. The number of hydrogen-bond acceptors (Lipinski definition) is 15. The van der Waals surface area contributed by atoms with Crippen molar-refractivity contribution in [1.29, 1.82) is 0 Å². The van der Waals surface area contributed by atoms with Crippen LogP contribution in [0, 0.1) is 23.7 Å². The first-order chi connectivity index (χ1) is 40.1. The topological polar surface area (TPSA) is 237 Å². The van der Waals surface area contributed by atoms with E-state index >= 15 is 0 Å². The standard InChI is InChI=1S/C65H126O17P2/c1-55(2)41-33-25-17-11-9-13-21-29-37-45-62(67)75-51-61(82-65(70)48-40-32-24-16-20-28-36-44-58(7)8)54-80-84(73,74)78-50-59(66)49-77-83(71,72)79-53-60(52-76-63(68)46-38-30-23-15-19-27-35-43-57(5)6)81-64(69)47-39-31-22-14-10-12-18-26-34-42-56(3)4/h55-61,66H,9-54H2,1-8H3,(H,71,72)(H,73,74)/t59?,60-,61-/m1/s1. The van der Waals surface area contributed by atoms with Crippen molar-refractivity contribution in [2.24, 2.45) is 23.7 Å². The molecule has 0 heterocycles. The molecule has 0 bridgehead atoms. The molecule has 498 valence electrons. The largest absolute Gasteiger partial charge is 0.472 e. The second kappa shape index (κ2) is 55.2. The Morgan fingerprint density at radius 1 is 0.298 bits per heavy atom. The number of unbranched alkanes of at least 4 members (excludes halogenated alkanes) is 28. The molecule has 0 aromatic heterocycles. The smallest absolute Gasteiger partial charge is 0.462 e. The van der Waals surface area contributed by atoms with E-state index in [9.17, 15) is 43.2 Å². The van der Waals surface area contributed by atoms with Crippen LogP contribution in [0.2, 0.25) is 0 Å². The van der Waals surface area contributed by atoms with Gasteiger partial charge in [0, 0.05) is 25.7 Å². The van der Waals surface area contributed by atoms with Gasteiger partial charge in [-0.05, 0) is 49.4 Å². The first-order valence-electron chi connectivity index (χ1n) is 33.7. The first-order valence-corrected chi connectivity index (χ1v) is 36.7. The van der Waals surface area contributed by atoms with Gasteiger partial charge >= 0.3 is 39.5 Å². The number of phosphoric acid groups is 2. The highest BCUT2D eigenvalue weighted by atomic mass is 31.2. The highest BCUT2D eigenvalue weighted by molar-refractivity contribution is 7.47. The summed E-state index contributed by atoms with van der Waals surface area (Å²) in [4.78, 5) is 72.2. The third kappa shape index (κ3) is 59.0. The predicted molar refractivity (Wildman–Crippen MR) is 335 cm³/mol. The molecule has 0 saturated heterocycles. The minimum Gasteiger partial charge on any atom is -0.462 e. The molecule has 3 N–H and O–H groups in total. The van der Waals surface area contributed by atoms with Crippen LogP contribution in [-0.2, 0) is 65.4 Å². The van der Waals surface area contributed by atoms with Crippen molar-refractivity contribution in [2.75, 3.05) is 39.6 Å². The zero-order valence-electron chi connectivity index (χ0n) is 54.5. The molecule has 3 unspecified atom stereocenters. The van der Waals surface area contributed by atoms with Crippen LogP contribution in [0.5, 0.6) is 0 Å². The van der Waals surface area contributed by atoms with Gasteiger partial charge < -0.3 is 33.8 Å². The highest BCUT2D eigenvalue weighted by Gasteiger charge is 2.30. The van der Waals surface area contributed by atoms with Gasteiger partial charge in [-0.25, -0.2) is 9.13 Å². The minimum atomic E-state index is -4.95. The summed E-state index contributed by atoms with van der Waals surface area (Å²) in [5, 5.41) is 10.5. The zero-order valence-corrected chi connectivity index (χ0v) is 56.3. The second-order valence-corrected chi connectivity index (χ2v) is 28.3. The monoisotopic (exact) mass is 1240 g/mol. The lowest BCUT2D eigenvalue weighted by Crippen LogP contribution is -2.30. The maximum absolute atomic E-state index is 13.0. The summed E-state index contributed by atoms with van der Waals surface area (Å²) in [5.41, 5.74) is 0. The van der Waals surface area contributed by atoms with Gasteiger partial charge in [-0.3, -0.25) is 37.3 Å². The molecule has 0 fully saturated rings. The molecule has 84 heavy (non-hydrogen) atoms. The van der Waals surface area contributed by atoms with E-state index in [1.807, 2.05) is 0 Å². The maximum Gasteiger partial charge on any atom is 0.472 e. The lowest BCUT2D eigenvalue weighted by molar-refractivity contribution is -0.161. The summed E-state index contributed by atoms with van der Waals surface area (Å²) >= 11 is 0. The fourth-order valence-corrected chi connectivity index (χ4v) is 11.2. The van der Waals surface area contributed by atoms with Gasteiger partial charge in [-0.2, -0.15) is 0 Å². The fourth-order valence-electron chi connectivity index (χ4n) is 9.61. The van der Waals surface area contributed by atoms with Crippen LogP contribution in [0.4, 0.5) is 0 Å². The van der Waals surface area contributed by atoms with Crippen LogP contribution < -0.4 is 0 Å². The number of aliphatic hydroxyl groups is 1. The van der Waals surface area contributed by atoms with Gasteiger partial charge in [-0.1, -0.05) is 261 Å². The molecule has 0 saturated carbocycles. The third-order valence-electron chi connectivity index (χ3n) is 14.8. The fraction of sp³-hybridized carbons (Fsp3) is 0.938. The molecule has 0 rings (SSSR count). The summed E-state index contributed by atoms with van der Waals surface area (Å²) in [6.07, 6.45) is 35.0. The molecule has 0 amide bonds. The number of carbonyl (C=O) groups excluding carboxylic acids is 4. The molecule has 0 aromatic carbocycles. The van der Waals surface area contributed by atoms with Crippen LogP contribution in [0.3, 0.4) is 0 Å². The number of aliphatic hydroxyl groups excluding tert-OH is 1. The summed E-state index contributed by atoms with van der Waals surface area (Å²) in [7, 11) is -9.89. The number of rotatable bonds is 62. The van der Waals surface area contributed by atoms with Crippen molar-refractivity contribution in [1.82, 2.24) is 0 Å². The Kier molecular flexibility index (Phi) is 53.9. The van der Waals surface area contributed by atoms with Crippen LogP contribution in [0.25, 0.3) is 0 Å². The van der Waals surface area contributed by atoms with E-state index in [1.165, 1.54) is 109 Å². The van der Waals surface area contributed by atoms with Gasteiger partial charge in [0.1, 0.15) is 19.3 Å². The molecular formula is C65H126O17P2. The van der Waals surface area contributed by atoms with Crippen molar-refractivity contribution in [3.05, 3.63) is 0 Å². The number of carbonyl (C=O) groups is 4. The molecule has 19 heteroatoms. The molecule has 17 nitrogen and oxygen atoms in total. The van der Waals surface area contributed by atoms with Gasteiger partial charge in [-0.15, -0.1) is 0 Å². The van der Waals surface area contributed by atoms with E-state index in [4.69, 9.17) is 37.0 Å². The van der Waals surface area contributed by atoms with Crippen LogP contribution in [0.15, 0.2) is 0 Å². The van der Waals surface area contributed by atoms with E-state index in [1.54, 1.807) is 0 Å². The van der Waals surface area contributed by atoms with Crippen molar-refractivity contribution in [3.8, 4) is 0 Å². The van der Waals surface area contributed by atoms with E-state index in [0.717, 1.165) is 108 Å². The Bertz CT molecular complexity index is 1680. The molecule has 0 spiro atoms. The average molecular weight is 1240 g/mol. The lowest BCUT2D eigenvalue weighted by Gasteiger charge is -2.21. The van der Waals surface area contributed by atoms with Gasteiger partial charge in [0.15, 0.2) is 12.2 Å². The zero-order chi connectivity index (χ0) is 62.5. The Labute approximate surface area is 511 Å². The Morgan fingerprint density at radius 3 is 0.738 bits per heavy atom. The minimum absolute atomic E-state index is 0.102. The van der Waals surface area contributed by atoms with E-state index < -0.39 is 97.5 Å². The number of hydrogen-bond donors (Lipinski definition) is 3. The van der Waals surface area contributed by atoms with E-state index in [0.29, 0.717) is 37.5 Å². The molecule has 0 aliphatic rings. The number of phosphoric ester groups is 2. The summed E-state index contributed by atoms with van der Waals surface area (Å²) in [6.45, 7) is 13.9.